The molecule has 0 saturated carbocycles. The van der Waals surface area contributed by atoms with E-state index < -0.39 is 0 Å². The molecule has 1 aromatic heterocycles. The van der Waals surface area contributed by atoms with Crippen LogP contribution in [0.3, 0.4) is 0 Å². The number of rotatable bonds is 5. The van der Waals surface area contributed by atoms with Crippen LogP contribution in [0, 0.1) is 20.8 Å². The Morgan fingerprint density at radius 2 is 1.26 bits per heavy atom. The fourth-order valence-corrected chi connectivity index (χ4v) is 6.35. The van der Waals surface area contributed by atoms with Crippen molar-refractivity contribution in [3.05, 3.63) is 124 Å². The van der Waals surface area contributed by atoms with Crippen LogP contribution >= 0.6 is 11.8 Å². The molecule has 1 N–H and O–H groups in total. The standard InChI is InChI=1S/C33H29N3OS/c1-21-18-19-29(22(2)20-21)38-32-27-16-10-8-14-25(27)31(26-15-9-11-17-28(26)32)34-30-23(3)35(4)36(33(30)37)24-12-6-5-7-13-24/h5-20,34H,1-4H3. The highest BCUT2D eigenvalue weighted by Gasteiger charge is 2.20. The van der Waals surface area contributed by atoms with Crippen LogP contribution in [-0.4, -0.2) is 9.36 Å². The molecule has 188 valence electrons. The fraction of sp³-hybridized carbons (Fsp3) is 0.121. The van der Waals surface area contributed by atoms with Gasteiger partial charge in [-0.15, -0.1) is 0 Å². The molecule has 5 heteroatoms. The molecule has 0 unspecified atom stereocenters. The zero-order valence-electron chi connectivity index (χ0n) is 21.9. The van der Waals surface area contributed by atoms with Crippen LogP contribution < -0.4 is 10.9 Å². The molecule has 0 atom stereocenters. The Bertz CT molecular complexity index is 1830. The third-order valence-electron chi connectivity index (χ3n) is 7.23. The summed E-state index contributed by atoms with van der Waals surface area (Å²) >= 11 is 1.81. The van der Waals surface area contributed by atoms with Crippen LogP contribution in [0.4, 0.5) is 11.4 Å². The van der Waals surface area contributed by atoms with E-state index in [1.807, 2.05) is 60.7 Å². The highest BCUT2D eigenvalue weighted by molar-refractivity contribution is 7.99. The number of benzene rings is 5. The molecule has 6 aromatic rings. The van der Waals surface area contributed by atoms with Crippen LogP contribution in [0.15, 0.2) is 112 Å². The van der Waals surface area contributed by atoms with Gasteiger partial charge in [0, 0.05) is 27.6 Å². The Labute approximate surface area is 226 Å². The first-order chi connectivity index (χ1) is 18.4. The van der Waals surface area contributed by atoms with Crippen LogP contribution in [0.1, 0.15) is 16.8 Å². The lowest BCUT2D eigenvalue weighted by atomic mass is 10.0. The van der Waals surface area contributed by atoms with Gasteiger partial charge in [0.05, 0.1) is 17.1 Å². The molecule has 0 amide bonds. The Balaban J connectivity index is 1.57. The van der Waals surface area contributed by atoms with E-state index in [9.17, 15) is 4.79 Å². The minimum absolute atomic E-state index is 0.0712. The number of hydrogen-bond donors (Lipinski definition) is 1. The number of nitrogens with zero attached hydrogens (tertiary/aromatic N) is 2. The van der Waals surface area contributed by atoms with Gasteiger partial charge >= 0.3 is 0 Å². The minimum atomic E-state index is -0.0712. The van der Waals surface area contributed by atoms with E-state index in [1.54, 1.807) is 4.68 Å². The van der Waals surface area contributed by atoms with E-state index in [1.165, 1.54) is 20.9 Å². The molecule has 1 heterocycles. The van der Waals surface area contributed by atoms with E-state index in [0.29, 0.717) is 5.69 Å². The van der Waals surface area contributed by atoms with Crippen molar-refractivity contribution < 1.29 is 0 Å². The van der Waals surface area contributed by atoms with Gasteiger partial charge in [0.1, 0.15) is 5.69 Å². The van der Waals surface area contributed by atoms with Gasteiger partial charge < -0.3 is 5.32 Å². The van der Waals surface area contributed by atoms with Gasteiger partial charge in [0.25, 0.3) is 5.56 Å². The van der Waals surface area contributed by atoms with Crippen LogP contribution in [-0.2, 0) is 7.05 Å². The third kappa shape index (κ3) is 4.00. The topological polar surface area (TPSA) is 39.0 Å². The lowest BCUT2D eigenvalue weighted by molar-refractivity contribution is 0.630. The van der Waals surface area contributed by atoms with Gasteiger partial charge in [-0.3, -0.25) is 9.48 Å². The van der Waals surface area contributed by atoms with Crippen molar-refractivity contribution in [2.75, 3.05) is 5.32 Å². The maximum Gasteiger partial charge on any atom is 0.295 e. The third-order valence-corrected chi connectivity index (χ3v) is 8.55. The molecular weight excluding hydrogens is 486 g/mol. The summed E-state index contributed by atoms with van der Waals surface area (Å²) in [5.41, 5.74) is 5.71. The minimum Gasteiger partial charge on any atom is -0.348 e. The Hall–Kier alpha value is -4.22. The second-order valence-corrected chi connectivity index (χ2v) is 10.8. The van der Waals surface area contributed by atoms with Crippen molar-refractivity contribution in [2.24, 2.45) is 7.05 Å². The maximum absolute atomic E-state index is 13.7. The molecule has 0 fully saturated rings. The van der Waals surface area contributed by atoms with Crippen molar-refractivity contribution in [1.29, 1.82) is 0 Å². The first-order valence-corrected chi connectivity index (χ1v) is 13.6. The molecule has 0 spiro atoms. The average molecular weight is 516 g/mol. The highest BCUT2D eigenvalue weighted by atomic mass is 32.2. The summed E-state index contributed by atoms with van der Waals surface area (Å²) in [5.74, 6) is 0. The molecule has 6 rings (SSSR count). The number of hydrogen-bond acceptors (Lipinski definition) is 3. The predicted octanol–water partition coefficient (Wildman–Crippen LogP) is 8.30. The fourth-order valence-electron chi connectivity index (χ4n) is 5.19. The molecule has 4 nitrogen and oxygen atoms in total. The van der Waals surface area contributed by atoms with Gasteiger partial charge in [0.2, 0.25) is 0 Å². The second-order valence-electron chi connectivity index (χ2n) is 9.73. The molecule has 0 aliphatic heterocycles. The summed E-state index contributed by atoms with van der Waals surface area (Å²) in [4.78, 5) is 16.2. The molecule has 5 aromatic carbocycles. The van der Waals surface area contributed by atoms with Crippen LogP contribution in [0.2, 0.25) is 0 Å². The van der Waals surface area contributed by atoms with E-state index in [-0.39, 0.29) is 5.56 Å². The summed E-state index contributed by atoms with van der Waals surface area (Å²) in [7, 11) is 1.93. The second kappa shape index (κ2) is 9.58. The van der Waals surface area contributed by atoms with Gasteiger partial charge in [0.15, 0.2) is 0 Å². The van der Waals surface area contributed by atoms with Crippen molar-refractivity contribution in [2.45, 2.75) is 30.6 Å². The zero-order chi connectivity index (χ0) is 26.4. The number of anilines is 2. The lowest BCUT2D eigenvalue weighted by Crippen LogP contribution is -2.20. The number of para-hydroxylation sites is 1. The maximum atomic E-state index is 13.7. The molecule has 0 saturated heterocycles. The Morgan fingerprint density at radius 1 is 0.684 bits per heavy atom. The van der Waals surface area contributed by atoms with E-state index in [4.69, 9.17) is 0 Å². The summed E-state index contributed by atoms with van der Waals surface area (Å²) in [5, 5.41) is 8.11. The Kier molecular flexibility index (Phi) is 6.09. The number of aryl methyl sites for hydroxylation is 2. The van der Waals surface area contributed by atoms with Crippen molar-refractivity contribution in [3.8, 4) is 5.69 Å². The molecule has 0 aliphatic carbocycles. The molecule has 38 heavy (non-hydrogen) atoms. The van der Waals surface area contributed by atoms with Gasteiger partial charge in [-0.05, 0) is 55.3 Å². The lowest BCUT2D eigenvalue weighted by Gasteiger charge is -2.18. The van der Waals surface area contributed by atoms with E-state index in [2.05, 4.69) is 85.9 Å². The molecule has 0 aliphatic rings. The number of aromatic nitrogens is 2. The monoisotopic (exact) mass is 515 g/mol. The first kappa shape index (κ1) is 24.1. The normalized spacial score (nSPS) is 11.4. The highest BCUT2D eigenvalue weighted by Crippen LogP contribution is 2.45. The molecule has 0 bridgehead atoms. The summed E-state index contributed by atoms with van der Waals surface area (Å²) in [6.45, 7) is 6.29. The van der Waals surface area contributed by atoms with E-state index in [0.717, 1.165) is 38.6 Å². The summed E-state index contributed by atoms with van der Waals surface area (Å²) in [6, 6.07) is 33.3. The SMILES string of the molecule is Cc1ccc(Sc2c3ccccc3c(Nc3c(C)n(C)n(-c4ccccc4)c3=O)c3ccccc23)c(C)c1. The average Bonchev–Trinajstić information content (AvgIpc) is 3.14. The van der Waals surface area contributed by atoms with Crippen molar-refractivity contribution in [3.63, 3.8) is 0 Å². The van der Waals surface area contributed by atoms with Crippen molar-refractivity contribution in [1.82, 2.24) is 9.36 Å². The quantitative estimate of drug-likeness (QED) is 0.235. The summed E-state index contributed by atoms with van der Waals surface area (Å²) in [6.07, 6.45) is 0. The van der Waals surface area contributed by atoms with Gasteiger partial charge in [-0.1, -0.05) is 96.2 Å². The largest absolute Gasteiger partial charge is 0.348 e. The number of nitrogens with one attached hydrogen (secondary N) is 1. The Morgan fingerprint density at radius 3 is 1.87 bits per heavy atom. The summed E-state index contributed by atoms with van der Waals surface area (Å²) < 4.78 is 3.63. The first-order valence-electron chi connectivity index (χ1n) is 12.7. The van der Waals surface area contributed by atoms with Crippen LogP contribution in [0.5, 0.6) is 0 Å². The predicted molar refractivity (Wildman–Crippen MR) is 161 cm³/mol. The van der Waals surface area contributed by atoms with Gasteiger partial charge in [-0.2, -0.15) is 0 Å². The van der Waals surface area contributed by atoms with Crippen LogP contribution in [0.25, 0.3) is 27.2 Å². The number of fused-ring (bicyclic) bond motifs is 2. The van der Waals surface area contributed by atoms with Crippen molar-refractivity contribution >= 4 is 44.7 Å². The zero-order valence-corrected chi connectivity index (χ0v) is 22.8. The van der Waals surface area contributed by atoms with Gasteiger partial charge in [-0.25, -0.2) is 4.68 Å². The van der Waals surface area contributed by atoms with E-state index >= 15 is 0 Å². The molecular formula is C33H29N3OS. The smallest absolute Gasteiger partial charge is 0.295 e. The molecule has 0 radical (unpaired) electrons.